The maximum Gasteiger partial charge on any atom is 0.280 e. The summed E-state index contributed by atoms with van der Waals surface area (Å²) < 4.78 is 47.4. The molecule has 3 atom stereocenters. The Morgan fingerprint density at radius 3 is 2.67 bits per heavy atom. The van der Waals surface area contributed by atoms with Crippen LogP contribution in [0.4, 0.5) is 5.69 Å². The number of aliphatic hydroxyl groups is 1. The van der Waals surface area contributed by atoms with Crippen molar-refractivity contribution in [3.63, 3.8) is 0 Å². The molecular weight excluding hydrogens is 562 g/mol. The lowest BCUT2D eigenvalue weighted by Gasteiger charge is -2.34. The molecule has 1 amide bonds. The highest BCUT2D eigenvalue weighted by Gasteiger charge is 2.31. The maximum atomic E-state index is 13.5. The second-order valence-corrected chi connectivity index (χ2v) is 12.7. The summed E-state index contributed by atoms with van der Waals surface area (Å²) in [4.78, 5) is 21.3. The van der Waals surface area contributed by atoms with Crippen LogP contribution in [0.3, 0.4) is 0 Å². The molecule has 1 aromatic heterocycles. The number of rotatable bonds is 9. The number of carbonyl (C=O) groups is 1. The van der Waals surface area contributed by atoms with E-state index in [0.717, 1.165) is 17.1 Å². The minimum absolute atomic E-state index is 0.00863. The van der Waals surface area contributed by atoms with E-state index in [4.69, 9.17) is 14.2 Å². The van der Waals surface area contributed by atoms with Crippen molar-refractivity contribution in [2.45, 2.75) is 44.0 Å². The molecule has 2 N–H and O–H groups in total. The van der Waals surface area contributed by atoms with Gasteiger partial charge in [-0.2, -0.15) is 8.42 Å². The molecule has 2 aliphatic heterocycles. The van der Waals surface area contributed by atoms with Crippen molar-refractivity contribution in [3.05, 3.63) is 60.0 Å². The van der Waals surface area contributed by atoms with Crippen LogP contribution in [0.5, 0.6) is 17.2 Å². The first-order valence-corrected chi connectivity index (χ1v) is 15.3. The topological polar surface area (TPSA) is 135 Å². The van der Waals surface area contributed by atoms with E-state index >= 15 is 0 Å². The van der Waals surface area contributed by atoms with Gasteiger partial charge in [-0.3, -0.25) is 14.4 Å². The highest BCUT2D eigenvalue weighted by atomic mass is 32.2. The third-order valence-electron chi connectivity index (χ3n) is 7.51. The summed E-state index contributed by atoms with van der Waals surface area (Å²) in [6, 6.07) is 10.4. The van der Waals surface area contributed by atoms with E-state index in [1.807, 2.05) is 39.1 Å². The number of benzene rings is 2. The third kappa shape index (κ3) is 6.63. The van der Waals surface area contributed by atoms with Crippen LogP contribution in [-0.2, 0) is 34.8 Å². The standard InChI is InChI=1S/C29H37N5O7S/c1-19-12-34(20(2)16-35)29(36)11-22-10-23(31-42(37,38)28-15-33(4)17-30-28)6-8-24(22)41-27(19)14-32(3)13-21-5-7-25-26(9-21)40-18-39-25/h5-10,15,17,19-20,27,31,35H,11-14,16,18H2,1-4H3/t19-,20-,27+/m1/s1. The zero-order valence-corrected chi connectivity index (χ0v) is 25.0. The molecule has 42 heavy (non-hydrogen) atoms. The van der Waals surface area contributed by atoms with Crippen LogP contribution in [0.2, 0.25) is 0 Å². The molecule has 0 saturated carbocycles. The van der Waals surface area contributed by atoms with Gasteiger partial charge in [0.25, 0.3) is 10.0 Å². The van der Waals surface area contributed by atoms with Crippen molar-refractivity contribution >= 4 is 21.6 Å². The Morgan fingerprint density at radius 1 is 1.17 bits per heavy atom. The number of amides is 1. The second kappa shape index (κ2) is 12.2. The molecule has 0 radical (unpaired) electrons. The van der Waals surface area contributed by atoms with Gasteiger partial charge in [0.1, 0.15) is 11.9 Å². The number of anilines is 1. The van der Waals surface area contributed by atoms with Gasteiger partial charge < -0.3 is 28.8 Å². The maximum absolute atomic E-state index is 13.5. The van der Waals surface area contributed by atoms with Crippen molar-refractivity contribution in [2.75, 3.05) is 38.3 Å². The van der Waals surface area contributed by atoms with Gasteiger partial charge >= 0.3 is 0 Å². The van der Waals surface area contributed by atoms with Gasteiger partial charge in [-0.1, -0.05) is 13.0 Å². The summed E-state index contributed by atoms with van der Waals surface area (Å²) in [6.07, 6.45) is 2.50. The number of ether oxygens (including phenoxy) is 3. The molecule has 2 aromatic carbocycles. The summed E-state index contributed by atoms with van der Waals surface area (Å²) in [5, 5.41) is 9.80. The smallest absolute Gasteiger partial charge is 0.280 e. The van der Waals surface area contributed by atoms with Crippen molar-refractivity contribution in [1.29, 1.82) is 0 Å². The predicted molar refractivity (Wildman–Crippen MR) is 155 cm³/mol. The Balaban J connectivity index is 1.40. The minimum atomic E-state index is -3.93. The number of likely N-dealkylation sites (N-methyl/N-ethyl adjacent to an activating group) is 1. The van der Waals surface area contributed by atoms with Crippen LogP contribution in [0, 0.1) is 5.92 Å². The Morgan fingerprint density at radius 2 is 1.93 bits per heavy atom. The third-order valence-corrected chi connectivity index (χ3v) is 8.77. The molecule has 3 heterocycles. The Bertz CT molecular complexity index is 1540. The Kier molecular flexibility index (Phi) is 8.62. The second-order valence-electron chi connectivity index (χ2n) is 11.1. The number of nitrogens with one attached hydrogen (secondary N) is 1. The van der Waals surface area contributed by atoms with Crippen LogP contribution < -0.4 is 18.9 Å². The first kappa shape index (κ1) is 29.7. The molecule has 0 unspecified atom stereocenters. The van der Waals surface area contributed by atoms with Crippen LogP contribution in [0.15, 0.2) is 53.9 Å². The zero-order chi connectivity index (χ0) is 30.0. The molecule has 226 valence electrons. The van der Waals surface area contributed by atoms with Gasteiger partial charge in [0.05, 0.1) is 25.4 Å². The van der Waals surface area contributed by atoms with Crippen molar-refractivity contribution in [2.24, 2.45) is 13.0 Å². The van der Waals surface area contributed by atoms with Crippen LogP contribution in [0.1, 0.15) is 25.0 Å². The van der Waals surface area contributed by atoms with E-state index in [-0.39, 0.29) is 48.8 Å². The molecule has 3 aromatic rings. The average molecular weight is 600 g/mol. The summed E-state index contributed by atoms with van der Waals surface area (Å²) in [6.45, 7) is 5.47. The summed E-state index contributed by atoms with van der Waals surface area (Å²) in [5.41, 5.74) is 1.91. The number of aryl methyl sites for hydroxylation is 1. The van der Waals surface area contributed by atoms with Crippen molar-refractivity contribution < 1.29 is 32.5 Å². The predicted octanol–water partition coefficient (Wildman–Crippen LogP) is 2.23. The lowest BCUT2D eigenvalue weighted by atomic mass is 10.0. The van der Waals surface area contributed by atoms with Crippen molar-refractivity contribution in [3.8, 4) is 17.2 Å². The number of imidazole rings is 1. The molecule has 0 spiro atoms. The highest BCUT2D eigenvalue weighted by molar-refractivity contribution is 7.92. The number of nitrogens with zero attached hydrogens (tertiary/aromatic N) is 4. The van der Waals surface area contributed by atoms with Gasteiger partial charge in [-0.05, 0) is 49.9 Å². The lowest BCUT2D eigenvalue weighted by molar-refractivity contribution is -0.134. The quantitative estimate of drug-likeness (QED) is 0.380. The number of carbonyl (C=O) groups excluding carboxylic acids is 1. The van der Waals surface area contributed by atoms with Crippen LogP contribution in [0.25, 0.3) is 0 Å². The minimum Gasteiger partial charge on any atom is -0.488 e. The SMILES string of the molecule is C[C@@H]1CN([C@H](C)CO)C(=O)Cc2cc(NS(=O)(=O)c3cn(C)cn3)ccc2O[C@H]1CN(C)Cc1ccc2c(c1)OCO2. The van der Waals surface area contributed by atoms with Gasteiger partial charge in [-0.25, -0.2) is 4.98 Å². The van der Waals surface area contributed by atoms with E-state index < -0.39 is 10.0 Å². The normalized spacial score (nSPS) is 19.5. The molecule has 0 fully saturated rings. The van der Waals surface area contributed by atoms with Gasteiger partial charge in [0, 0.05) is 50.0 Å². The Labute approximate surface area is 245 Å². The molecule has 0 bridgehead atoms. The number of aliphatic hydroxyl groups excluding tert-OH is 1. The molecular formula is C29H37N5O7S. The van der Waals surface area contributed by atoms with E-state index in [2.05, 4.69) is 14.6 Å². The van der Waals surface area contributed by atoms with Gasteiger partial charge in [0.15, 0.2) is 16.5 Å². The van der Waals surface area contributed by atoms with Crippen LogP contribution in [-0.4, -0.2) is 84.5 Å². The average Bonchev–Trinajstić information content (AvgIpc) is 3.61. The Hall–Kier alpha value is -3.81. The summed E-state index contributed by atoms with van der Waals surface area (Å²) in [7, 11) is -0.238. The lowest BCUT2D eigenvalue weighted by Crippen LogP contribution is -2.47. The number of sulfonamides is 1. The first-order valence-electron chi connectivity index (χ1n) is 13.8. The fourth-order valence-electron chi connectivity index (χ4n) is 5.17. The van der Waals surface area contributed by atoms with E-state index in [1.165, 1.54) is 12.5 Å². The number of aromatic nitrogens is 2. The van der Waals surface area contributed by atoms with E-state index in [0.29, 0.717) is 36.6 Å². The summed E-state index contributed by atoms with van der Waals surface area (Å²) in [5.74, 6) is 1.72. The fraction of sp³-hybridized carbons (Fsp3) is 0.448. The largest absolute Gasteiger partial charge is 0.488 e. The molecule has 12 nitrogen and oxygen atoms in total. The molecule has 0 saturated heterocycles. The molecule has 13 heteroatoms. The first-order chi connectivity index (χ1) is 20.0. The highest BCUT2D eigenvalue weighted by Crippen LogP contribution is 2.33. The zero-order valence-electron chi connectivity index (χ0n) is 24.2. The summed E-state index contributed by atoms with van der Waals surface area (Å²) >= 11 is 0. The van der Waals surface area contributed by atoms with Crippen LogP contribution >= 0.6 is 0 Å². The molecule has 5 rings (SSSR count). The van der Waals surface area contributed by atoms with Gasteiger partial charge in [0.2, 0.25) is 12.7 Å². The number of hydrogen-bond acceptors (Lipinski definition) is 9. The monoisotopic (exact) mass is 599 g/mol. The van der Waals surface area contributed by atoms with E-state index in [9.17, 15) is 18.3 Å². The number of fused-ring (bicyclic) bond motifs is 2. The molecule has 0 aliphatic carbocycles. The van der Waals surface area contributed by atoms with Crippen molar-refractivity contribution in [1.82, 2.24) is 19.4 Å². The fourth-order valence-corrected chi connectivity index (χ4v) is 6.20. The van der Waals surface area contributed by atoms with Gasteiger partial charge in [-0.15, -0.1) is 0 Å². The number of hydrogen-bond donors (Lipinski definition) is 2. The molecule has 2 aliphatic rings. The van der Waals surface area contributed by atoms with E-state index in [1.54, 1.807) is 34.7 Å².